The van der Waals surface area contributed by atoms with Crippen molar-refractivity contribution in [3.8, 4) is 10.7 Å². The highest BCUT2D eigenvalue weighted by molar-refractivity contribution is 7.98. The molecule has 0 unspecified atom stereocenters. The Morgan fingerprint density at radius 3 is 2.22 bits per heavy atom. The second kappa shape index (κ2) is 8.79. The van der Waals surface area contributed by atoms with Gasteiger partial charge in [-0.25, -0.2) is 4.98 Å². The molecule has 4 aromatic rings. The molecule has 0 spiro atoms. The van der Waals surface area contributed by atoms with Crippen molar-refractivity contribution in [1.29, 1.82) is 0 Å². The minimum Gasteiger partial charge on any atom is -0.350 e. The molecule has 2 aromatic heterocycles. The van der Waals surface area contributed by atoms with Gasteiger partial charge in [-0.2, -0.15) is 9.97 Å². The number of nitrogens with zero attached hydrogens (tertiary/aromatic N) is 3. The molecule has 2 heterocycles. The summed E-state index contributed by atoms with van der Waals surface area (Å²) in [6, 6.07) is 24.6. The first-order valence-corrected chi connectivity index (χ1v) is 10.5. The Hall–Kier alpha value is -2.70. The van der Waals surface area contributed by atoms with Crippen LogP contribution in [0.1, 0.15) is 11.1 Å². The van der Waals surface area contributed by atoms with Crippen LogP contribution in [0.25, 0.3) is 10.7 Å². The molecule has 0 saturated heterocycles. The Balaban J connectivity index is 1.55. The molecule has 27 heavy (non-hydrogen) atoms. The van der Waals surface area contributed by atoms with Gasteiger partial charge in [0.1, 0.15) is 0 Å². The average molecular weight is 391 g/mol. The molecular weight excluding hydrogens is 372 g/mol. The summed E-state index contributed by atoms with van der Waals surface area (Å²) in [4.78, 5) is 14.9. The molecule has 0 aliphatic heterocycles. The van der Waals surface area contributed by atoms with Crippen molar-refractivity contribution in [1.82, 2.24) is 15.0 Å². The van der Waals surface area contributed by atoms with Crippen LogP contribution >= 0.6 is 23.1 Å². The molecule has 4 rings (SSSR count). The van der Waals surface area contributed by atoms with Crippen LogP contribution in [0.5, 0.6) is 0 Å². The summed E-state index contributed by atoms with van der Waals surface area (Å²) in [7, 11) is 0. The zero-order valence-corrected chi connectivity index (χ0v) is 16.2. The third-order valence-corrected chi connectivity index (χ3v) is 5.64. The summed E-state index contributed by atoms with van der Waals surface area (Å²) < 4.78 is 0. The predicted octanol–water partition coefficient (Wildman–Crippen LogP) is 5.50. The lowest BCUT2D eigenvalue weighted by Gasteiger charge is -2.08. The molecular formula is C21H18N4S2. The largest absolute Gasteiger partial charge is 0.350 e. The first kappa shape index (κ1) is 17.7. The van der Waals surface area contributed by atoms with Gasteiger partial charge in [-0.15, -0.1) is 11.3 Å². The van der Waals surface area contributed by atoms with Crippen LogP contribution in [0.2, 0.25) is 0 Å². The fourth-order valence-corrected chi connectivity index (χ4v) is 3.96. The van der Waals surface area contributed by atoms with Crippen molar-refractivity contribution in [2.45, 2.75) is 17.5 Å². The number of thioether (sulfide) groups is 1. The van der Waals surface area contributed by atoms with E-state index in [9.17, 15) is 0 Å². The van der Waals surface area contributed by atoms with Gasteiger partial charge in [-0.1, -0.05) is 78.5 Å². The zero-order chi connectivity index (χ0) is 18.3. The molecule has 1 N–H and O–H groups in total. The number of benzene rings is 2. The molecule has 0 aliphatic rings. The number of aromatic nitrogens is 3. The van der Waals surface area contributed by atoms with Crippen LogP contribution in [-0.2, 0) is 12.3 Å². The second-order valence-corrected chi connectivity index (χ2v) is 7.75. The van der Waals surface area contributed by atoms with E-state index in [0.29, 0.717) is 18.3 Å². The van der Waals surface area contributed by atoms with E-state index in [1.54, 1.807) is 23.1 Å². The van der Waals surface area contributed by atoms with Crippen molar-refractivity contribution < 1.29 is 0 Å². The quantitative estimate of drug-likeness (QED) is 0.422. The zero-order valence-electron chi connectivity index (χ0n) is 14.6. The van der Waals surface area contributed by atoms with E-state index in [2.05, 4.69) is 44.5 Å². The van der Waals surface area contributed by atoms with Gasteiger partial charge in [0.2, 0.25) is 5.95 Å². The monoisotopic (exact) mass is 390 g/mol. The number of hydrogen-bond donors (Lipinski definition) is 1. The maximum absolute atomic E-state index is 4.66. The summed E-state index contributed by atoms with van der Waals surface area (Å²) in [6.07, 6.45) is 0. The molecule has 0 atom stereocenters. The van der Waals surface area contributed by atoms with Gasteiger partial charge >= 0.3 is 0 Å². The van der Waals surface area contributed by atoms with Crippen molar-refractivity contribution in [3.05, 3.63) is 89.3 Å². The molecule has 0 bridgehead atoms. The number of anilines is 1. The minimum absolute atomic E-state index is 0.604. The van der Waals surface area contributed by atoms with E-state index in [-0.39, 0.29) is 0 Å². The van der Waals surface area contributed by atoms with E-state index < -0.39 is 0 Å². The number of rotatable bonds is 7. The smallest absolute Gasteiger partial charge is 0.227 e. The minimum atomic E-state index is 0.604. The lowest BCUT2D eigenvalue weighted by molar-refractivity contribution is 0.902. The maximum Gasteiger partial charge on any atom is 0.227 e. The molecule has 0 amide bonds. The highest BCUT2D eigenvalue weighted by atomic mass is 32.2. The number of nitrogens with one attached hydrogen (secondary N) is 1. The van der Waals surface area contributed by atoms with Gasteiger partial charge < -0.3 is 5.32 Å². The highest BCUT2D eigenvalue weighted by Gasteiger charge is 2.10. The average Bonchev–Trinajstić information content (AvgIpc) is 3.27. The van der Waals surface area contributed by atoms with Crippen LogP contribution in [0.3, 0.4) is 0 Å². The molecule has 134 valence electrons. The Bertz CT molecular complexity index is 912. The van der Waals surface area contributed by atoms with Crippen molar-refractivity contribution in [3.63, 3.8) is 0 Å². The topological polar surface area (TPSA) is 50.7 Å². The molecule has 0 fully saturated rings. The van der Waals surface area contributed by atoms with Crippen LogP contribution in [0.4, 0.5) is 5.95 Å². The van der Waals surface area contributed by atoms with Gasteiger partial charge in [0.05, 0.1) is 4.88 Å². The van der Waals surface area contributed by atoms with Crippen molar-refractivity contribution >= 4 is 29.0 Å². The lowest BCUT2D eigenvalue weighted by Crippen LogP contribution is -2.06. The Morgan fingerprint density at radius 2 is 1.52 bits per heavy atom. The number of hydrogen-bond acceptors (Lipinski definition) is 6. The van der Waals surface area contributed by atoms with Gasteiger partial charge in [0.15, 0.2) is 11.0 Å². The van der Waals surface area contributed by atoms with E-state index in [1.807, 2.05) is 53.9 Å². The van der Waals surface area contributed by atoms with Gasteiger partial charge in [-0.3, -0.25) is 0 Å². The first-order chi connectivity index (χ1) is 13.4. The summed E-state index contributed by atoms with van der Waals surface area (Å²) >= 11 is 3.26. The molecule has 0 radical (unpaired) electrons. The Labute approximate surface area is 166 Å². The Kier molecular flexibility index (Phi) is 5.76. The Morgan fingerprint density at radius 1 is 0.778 bits per heavy atom. The maximum atomic E-state index is 4.66. The van der Waals surface area contributed by atoms with Crippen LogP contribution in [0, 0.1) is 0 Å². The van der Waals surface area contributed by atoms with Crippen LogP contribution < -0.4 is 5.32 Å². The molecule has 0 saturated carbocycles. The van der Waals surface area contributed by atoms with Gasteiger partial charge in [-0.05, 0) is 22.6 Å². The predicted molar refractivity (Wildman–Crippen MR) is 113 cm³/mol. The molecule has 2 aromatic carbocycles. The molecule has 0 aliphatic carbocycles. The van der Waals surface area contributed by atoms with E-state index >= 15 is 0 Å². The third kappa shape index (κ3) is 4.93. The highest BCUT2D eigenvalue weighted by Crippen LogP contribution is 2.26. The molecule has 4 nitrogen and oxygen atoms in total. The summed E-state index contributed by atoms with van der Waals surface area (Å²) in [5.74, 6) is 2.14. The number of thiophene rings is 1. The fourth-order valence-electron chi connectivity index (χ4n) is 2.52. The SMILES string of the molecule is c1ccc(CNc2nc(SCc3ccccc3)nc(-c3cccs3)n2)cc1. The van der Waals surface area contributed by atoms with Crippen molar-refractivity contribution in [2.24, 2.45) is 0 Å². The first-order valence-electron chi connectivity index (χ1n) is 8.61. The van der Waals surface area contributed by atoms with Crippen LogP contribution in [-0.4, -0.2) is 15.0 Å². The summed E-state index contributed by atoms with van der Waals surface area (Å²) in [5.41, 5.74) is 2.44. The van der Waals surface area contributed by atoms with E-state index in [4.69, 9.17) is 0 Å². The standard InChI is InChI=1S/C21H18N4S2/c1-3-8-16(9-4-1)14-22-20-23-19(18-12-7-13-26-18)24-21(25-20)27-15-17-10-5-2-6-11-17/h1-13H,14-15H2,(H,22,23,24,25). The lowest BCUT2D eigenvalue weighted by atomic mass is 10.2. The van der Waals surface area contributed by atoms with Gasteiger partial charge in [0.25, 0.3) is 0 Å². The van der Waals surface area contributed by atoms with Gasteiger partial charge in [0, 0.05) is 12.3 Å². The van der Waals surface area contributed by atoms with Crippen molar-refractivity contribution in [2.75, 3.05) is 5.32 Å². The second-order valence-electron chi connectivity index (χ2n) is 5.86. The fraction of sp³-hybridized carbons (Fsp3) is 0.0952. The summed E-state index contributed by atoms with van der Waals surface area (Å²) in [6.45, 7) is 0.678. The molecule has 6 heteroatoms. The van der Waals surface area contributed by atoms with Crippen LogP contribution in [0.15, 0.2) is 83.3 Å². The van der Waals surface area contributed by atoms with E-state index in [1.165, 1.54) is 11.1 Å². The summed E-state index contributed by atoms with van der Waals surface area (Å²) in [5, 5.41) is 6.10. The normalized spacial score (nSPS) is 10.7. The third-order valence-electron chi connectivity index (χ3n) is 3.86. The van der Waals surface area contributed by atoms with E-state index in [0.717, 1.165) is 15.8 Å².